The van der Waals surface area contributed by atoms with Crippen LogP contribution in [0.25, 0.3) is 10.6 Å². The zero-order valence-corrected chi connectivity index (χ0v) is 14.7. The highest BCUT2D eigenvalue weighted by molar-refractivity contribution is 7.09. The van der Waals surface area contributed by atoms with E-state index in [4.69, 9.17) is 4.52 Å². The zero-order chi connectivity index (χ0) is 16.5. The van der Waals surface area contributed by atoms with Crippen LogP contribution in [0.3, 0.4) is 0 Å². The maximum absolute atomic E-state index is 5.42. The SMILES string of the molecule is Cc1cc(-c2snnc2[C@@H]2CCCN(Cc3cncn3C)C2)on1. The molecule has 7 nitrogen and oxygen atoms in total. The van der Waals surface area contributed by atoms with Crippen LogP contribution < -0.4 is 0 Å². The molecule has 0 unspecified atom stereocenters. The number of aryl methyl sites for hydroxylation is 2. The molecule has 0 spiro atoms. The Hall–Kier alpha value is -2.06. The van der Waals surface area contributed by atoms with Crippen LogP contribution in [0.4, 0.5) is 0 Å². The monoisotopic (exact) mass is 344 g/mol. The summed E-state index contributed by atoms with van der Waals surface area (Å²) in [4.78, 5) is 7.70. The lowest BCUT2D eigenvalue weighted by molar-refractivity contribution is 0.195. The molecular formula is C16H20N6OS. The third kappa shape index (κ3) is 2.99. The Morgan fingerprint density at radius 2 is 2.33 bits per heavy atom. The Bertz CT molecular complexity index is 822. The highest BCUT2D eigenvalue weighted by Gasteiger charge is 2.28. The Balaban J connectivity index is 1.53. The molecule has 0 aromatic carbocycles. The van der Waals surface area contributed by atoms with Crippen molar-refractivity contribution < 1.29 is 4.52 Å². The number of aromatic nitrogens is 5. The molecule has 1 atom stereocenters. The molecule has 1 aliphatic heterocycles. The Labute approximate surface area is 144 Å². The van der Waals surface area contributed by atoms with Crippen molar-refractivity contribution in [2.24, 2.45) is 7.05 Å². The van der Waals surface area contributed by atoms with Crippen molar-refractivity contribution in [3.63, 3.8) is 0 Å². The molecule has 3 aromatic rings. The van der Waals surface area contributed by atoms with Crippen LogP contribution in [0.2, 0.25) is 0 Å². The first-order valence-corrected chi connectivity index (χ1v) is 8.91. The Morgan fingerprint density at radius 1 is 1.42 bits per heavy atom. The summed E-state index contributed by atoms with van der Waals surface area (Å²) in [6.07, 6.45) is 6.09. The molecule has 1 aliphatic rings. The van der Waals surface area contributed by atoms with E-state index in [1.165, 1.54) is 17.2 Å². The first-order valence-electron chi connectivity index (χ1n) is 8.14. The molecule has 8 heteroatoms. The fourth-order valence-corrected chi connectivity index (χ4v) is 3.99. The Kier molecular flexibility index (Phi) is 4.15. The van der Waals surface area contributed by atoms with E-state index < -0.39 is 0 Å². The summed E-state index contributed by atoms with van der Waals surface area (Å²) >= 11 is 1.39. The van der Waals surface area contributed by atoms with Crippen molar-refractivity contribution in [1.82, 2.24) is 29.2 Å². The van der Waals surface area contributed by atoms with Gasteiger partial charge in [0, 0.05) is 38.3 Å². The lowest BCUT2D eigenvalue weighted by Gasteiger charge is -2.32. The lowest BCUT2D eigenvalue weighted by Crippen LogP contribution is -2.34. The highest BCUT2D eigenvalue weighted by atomic mass is 32.1. The summed E-state index contributed by atoms with van der Waals surface area (Å²) < 4.78 is 11.7. The largest absolute Gasteiger partial charge is 0.355 e. The second-order valence-electron chi connectivity index (χ2n) is 6.39. The number of rotatable bonds is 4. The Morgan fingerprint density at radius 3 is 3.08 bits per heavy atom. The topological polar surface area (TPSA) is 72.9 Å². The van der Waals surface area contributed by atoms with E-state index in [1.807, 2.05) is 32.6 Å². The predicted octanol–water partition coefficient (Wildman–Crippen LogP) is 2.61. The molecule has 1 saturated heterocycles. The maximum atomic E-state index is 5.42. The van der Waals surface area contributed by atoms with Gasteiger partial charge in [0.25, 0.3) is 0 Å². The van der Waals surface area contributed by atoms with Crippen molar-refractivity contribution in [2.45, 2.75) is 32.2 Å². The standard InChI is InChI=1S/C16H20N6OS/c1-11-6-14(23-19-11)16-15(18-20-24-16)12-4-3-5-22(8-12)9-13-7-17-10-21(13)2/h6-7,10,12H,3-5,8-9H2,1-2H3/t12-/m1/s1. The first-order chi connectivity index (χ1) is 11.7. The van der Waals surface area contributed by atoms with Gasteiger partial charge in [-0.25, -0.2) is 4.98 Å². The van der Waals surface area contributed by atoms with Gasteiger partial charge in [0.05, 0.1) is 23.4 Å². The van der Waals surface area contributed by atoms with Crippen LogP contribution >= 0.6 is 11.5 Å². The van der Waals surface area contributed by atoms with E-state index in [9.17, 15) is 0 Å². The highest BCUT2D eigenvalue weighted by Crippen LogP contribution is 2.35. The molecule has 0 N–H and O–H groups in total. The van der Waals surface area contributed by atoms with Crippen LogP contribution in [0.15, 0.2) is 23.1 Å². The normalized spacial score (nSPS) is 19.0. The van der Waals surface area contributed by atoms with E-state index in [0.29, 0.717) is 5.92 Å². The average molecular weight is 344 g/mol. The number of hydrogen-bond donors (Lipinski definition) is 0. The van der Waals surface area contributed by atoms with Crippen LogP contribution in [-0.4, -0.2) is 42.3 Å². The summed E-state index contributed by atoms with van der Waals surface area (Å²) in [7, 11) is 2.04. The van der Waals surface area contributed by atoms with Gasteiger partial charge in [-0.1, -0.05) is 9.64 Å². The molecule has 0 saturated carbocycles. The minimum Gasteiger partial charge on any atom is -0.355 e. The van der Waals surface area contributed by atoms with Crippen LogP contribution in [0.1, 0.15) is 35.8 Å². The van der Waals surface area contributed by atoms with Gasteiger partial charge in [-0.2, -0.15) is 0 Å². The van der Waals surface area contributed by atoms with E-state index in [1.54, 1.807) is 0 Å². The smallest absolute Gasteiger partial charge is 0.180 e. The summed E-state index contributed by atoms with van der Waals surface area (Å²) in [5.74, 6) is 1.16. The first kappa shape index (κ1) is 15.5. The van der Waals surface area contributed by atoms with Gasteiger partial charge in [-0.3, -0.25) is 4.90 Å². The van der Waals surface area contributed by atoms with Gasteiger partial charge in [0.1, 0.15) is 4.88 Å². The van der Waals surface area contributed by atoms with Crippen molar-refractivity contribution in [3.8, 4) is 10.6 Å². The van der Waals surface area contributed by atoms with Gasteiger partial charge >= 0.3 is 0 Å². The van der Waals surface area contributed by atoms with E-state index in [0.717, 1.165) is 54.5 Å². The zero-order valence-electron chi connectivity index (χ0n) is 13.8. The molecule has 0 amide bonds. The molecule has 4 rings (SSSR count). The van der Waals surface area contributed by atoms with Gasteiger partial charge in [0.15, 0.2) is 5.76 Å². The van der Waals surface area contributed by atoms with Gasteiger partial charge < -0.3 is 9.09 Å². The molecular weight excluding hydrogens is 324 g/mol. The summed E-state index contributed by atoms with van der Waals surface area (Å²) in [6.45, 7) is 4.94. The maximum Gasteiger partial charge on any atom is 0.180 e. The van der Waals surface area contributed by atoms with E-state index >= 15 is 0 Å². The molecule has 0 aliphatic carbocycles. The number of hydrogen-bond acceptors (Lipinski definition) is 7. The molecule has 3 aromatic heterocycles. The molecule has 0 radical (unpaired) electrons. The van der Waals surface area contributed by atoms with Crippen LogP contribution in [0, 0.1) is 6.92 Å². The van der Waals surface area contributed by atoms with Crippen molar-refractivity contribution >= 4 is 11.5 Å². The summed E-state index contributed by atoms with van der Waals surface area (Å²) in [6, 6.07) is 1.95. The fourth-order valence-electron chi connectivity index (χ4n) is 3.29. The quantitative estimate of drug-likeness (QED) is 0.724. The molecule has 1 fully saturated rings. The number of imidazole rings is 1. The van der Waals surface area contributed by atoms with Crippen LogP contribution in [-0.2, 0) is 13.6 Å². The van der Waals surface area contributed by atoms with E-state index in [-0.39, 0.29) is 0 Å². The van der Waals surface area contributed by atoms with Gasteiger partial charge in [-0.05, 0) is 37.8 Å². The number of likely N-dealkylation sites (tertiary alicyclic amines) is 1. The van der Waals surface area contributed by atoms with Crippen molar-refractivity contribution in [1.29, 1.82) is 0 Å². The summed E-state index contributed by atoms with van der Waals surface area (Å²) in [5.41, 5.74) is 3.16. The molecule has 126 valence electrons. The number of nitrogens with zero attached hydrogens (tertiary/aromatic N) is 6. The van der Waals surface area contributed by atoms with Crippen molar-refractivity contribution in [2.75, 3.05) is 13.1 Å². The minimum absolute atomic E-state index is 0.381. The predicted molar refractivity (Wildman–Crippen MR) is 90.6 cm³/mol. The minimum atomic E-state index is 0.381. The average Bonchev–Trinajstić information content (AvgIpc) is 3.29. The number of piperidine rings is 1. The van der Waals surface area contributed by atoms with Crippen LogP contribution in [0.5, 0.6) is 0 Å². The lowest BCUT2D eigenvalue weighted by atomic mass is 9.93. The summed E-state index contributed by atoms with van der Waals surface area (Å²) in [5, 5.41) is 8.40. The van der Waals surface area contributed by atoms with E-state index in [2.05, 4.69) is 29.2 Å². The third-order valence-electron chi connectivity index (χ3n) is 4.56. The molecule has 4 heterocycles. The second-order valence-corrected chi connectivity index (χ2v) is 7.14. The third-order valence-corrected chi connectivity index (χ3v) is 5.32. The molecule has 0 bridgehead atoms. The molecule has 24 heavy (non-hydrogen) atoms. The fraction of sp³-hybridized carbons (Fsp3) is 0.500. The van der Waals surface area contributed by atoms with Gasteiger partial charge in [-0.15, -0.1) is 5.10 Å². The van der Waals surface area contributed by atoms with Gasteiger partial charge in [0.2, 0.25) is 0 Å². The second kappa shape index (κ2) is 6.45. The van der Waals surface area contributed by atoms with Crippen molar-refractivity contribution in [3.05, 3.63) is 35.7 Å².